The summed E-state index contributed by atoms with van der Waals surface area (Å²) in [5.41, 5.74) is 1.12. The highest BCUT2D eigenvalue weighted by molar-refractivity contribution is 5.74. The van der Waals surface area contributed by atoms with Gasteiger partial charge in [0.25, 0.3) is 0 Å². The molecule has 6 heteroatoms. The number of nitrogens with one attached hydrogen (secondary N) is 2. The Morgan fingerprint density at radius 3 is 2.76 bits per heavy atom. The lowest BCUT2D eigenvalue weighted by Gasteiger charge is -2.19. The van der Waals surface area contributed by atoms with Crippen molar-refractivity contribution in [3.8, 4) is 5.75 Å². The molecule has 2 rings (SSSR count). The van der Waals surface area contributed by atoms with E-state index >= 15 is 0 Å². The van der Waals surface area contributed by atoms with Crippen molar-refractivity contribution in [2.45, 2.75) is 45.4 Å². The first-order valence-electron chi connectivity index (χ1n) is 8.43. The number of aliphatic hydroxyl groups excluding tert-OH is 1. The number of aliphatic hydroxyl groups is 1. The number of rotatable bonds is 8. The van der Waals surface area contributed by atoms with Crippen LogP contribution in [0.3, 0.4) is 0 Å². The quantitative estimate of drug-likeness (QED) is 0.685. The molecule has 0 aliphatic heterocycles. The highest BCUT2D eigenvalue weighted by atomic mass is 16.5. The Morgan fingerprint density at radius 1 is 1.28 bits per heavy atom. The monoisotopic (exact) mass is 346 g/mol. The SMILES string of the molecule is Cc1cccc(OC(C)CNC(=O)NC(C)CC(O)c2ccco2)c1. The molecule has 6 nitrogen and oxygen atoms in total. The first-order valence-corrected chi connectivity index (χ1v) is 8.43. The predicted molar refractivity (Wildman–Crippen MR) is 95.6 cm³/mol. The average Bonchev–Trinajstić information content (AvgIpc) is 3.07. The maximum atomic E-state index is 11.9. The van der Waals surface area contributed by atoms with Crippen LogP contribution in [0.1, 0.15) is 37.7 Å². The summed E-state index contributed by atoms with van der Waals surface area (Å²) in [6, 6.07) is 10.7. The molecule has 3 atom stereocenters. The third-order valence-electron chi connectivity index (χ3n) is 3.70. The molecule has 0 bridgehead atoms. The molecule has 2 aromatic rings. The summed E-state index contributed by atoms with van der Waals surface area (Å²) in [5, 5.41) is 15.6. The Labute approximate surface area is 148 Å². The predicted octanol–water partition coefficient (Wildman–Crippen LogP) is 3.17. The van der Waals surface area contributed by atoms with Gasteiger partial charge in [-0.1, -0.05) is 12.1 Å². The molecule has 0 fully saturated rings. The normalized spacial score (nSPS) is 14.4. The van der Waals surface area contributed by atoms with Gasteiger partial charge in [-0.3, -0.25) is 0 Å². The Balaban J connectivity index is 1.69. The van der Waals surface area contributed by atoms with E-state index in [1.165, 1.54) is 6.26 Å². The summed E-state index contributed by atoms with van der Waals surface area (Å²) in [6.07, 6.45) is 0.986. The number of ether oxygens (including phenoxy) is 1. The van der Waals surface area contributed by atoms with E-state index in [1.54, 1.807) is 12.1 Å². The van der Waals surface area contributed by atoms with Crippen LogP contribution in [0.2, 0.25) is 0 Å². The molecule has 1 aromatic heterocycles. The highest BCUT2D eigenvalue weighted by Crippen LogP contribution is 2.18. The molecular weight excluding hydrogens is 320 g/mol. The minimum atomic E-state index is -0.742. The zero-order valence-corrected chi connectivity index (χ0v) is 14.9. The van der Waals surface area contributed by atoms with Gasteiger partial charge in [0.2, 0.25) is 0 Å². The van der Waals surface area contributed by atoms with Crippen LogP contribution < -0.4 is 15.4 Å². The minimum Gasteiger partial charge on any atom is -0.489 e. The van der Waals surface area contributed by atoms with E-state index in [1.807, 2.05) is 45.0 Å². The molecule has 0 radical (unpaired) electrons. The highest BCUT2D eigenvalue weighted by Gasteiger charge is 2.16. The molecule has 0 spiro atoms. The van der Waals surface area contributed by atoms with Crippen molar-refractivity contribution in [2.75, 3.05) is 6.54 Å². The van der Waals surface area contributed by atoms with E-state index in [4.69, 9.17) is 9.15 Å². The van der Waals surface area contributed by atoms with Gasteiger partial charge in [0.1, 0.15) is 23.7 Å². The second-order valence-corrected chi connectivity index (χ2v) is 6.27. The van der Waals surface area contributed by atoms with Crippen LogP contribution >= 0.6 is 0 Å². The Bertz CT molecular complexity index is 657. The lowest BCUT2D eigenvalue weighted by atomic mass is 10.1. The second-order valence-electron chi connectivity index (χ2n) is 6.27. The molecule has 25 heavy (non-hydrogen) atoms. The largest absolute Gasteiger partial charge is 0.489 e. The first kappa shape index (κ1) is 18.9. The van der Waals surface area contributed by atoms with Crippen molar-refractivity contribution in [3.63, 3.8) is 0 Å². The number of hydrogen-bond acceptors (Lipinski definition) is 4. The van der Waals surface area contributed by atoms with Gasteiger partial charge < -0.3 is 24.9 Å². The van der Waals surface area contributed by atoms with Crippen molar-refractivity contribution >= 4 is 6.03 Å². The van der Waals surface area contributed by atoms with Crippen molar-refractivity contribution in [1.29, 1.82) is 0 Å². The number of carbonyl (C=O) groups is 1. The van der Waals surface area contributed by atoms with Gasteiger partial charge in [0.05, 0.1) is 12.8 Å². The minimum absolute atomic E-state index is 0.156. The van der Waals surface area contributed by atoms with E-state index in [-0.39, 0.29) is 18.2 Å². The zero-order chi connectivity index (χ0) is 18.2. The zero-order valence-electron chi connectivity index (χ0n) is 14.9. The standard InChI is InChI=1S/C19H26N2O4/c1-13-6-4-7-16(10-13)25-15(3)12-20-19(23)21-14(2)11-17(22)18-8-5-9-24-18/h4-10,14-15,17,22H,11-12H2,1-3H3,(H2,20,21,23). The topological polar surface area (TPSA) is 83.7 Å². The summed E-state index contributed by atoms with van der Waals surface area (Å²) >= 11 is 0. The maximum Gasteiger partial charge on any atom is 0.315 e. The summed E-state index contributed by atoms with van der Waals surface area (Å²) < 4.78 is 10.9. The fourth-order valence-corrected chi connectivity index (χ4v) is 2.46. The number of carbonyl (C=O) groups excluding carboxylic acids is 1. The van der Waals surface area contributed by atoms with Gasteiger partial charge in [-0.25, -0.2) is 4.79 Å². The van der Waals surface area contributed by atoms with E-state index in [2.05, 4.69) is 10.6 Å². The van der Waals surface area contributed by atoms with Crippen LogP contribution in [0, 0.1) is 6.92 Å². The number of aryl methyl sites for hydroxylation is 1. The maximum absolute atomic E-state index is 11.9. The van der Waals surface area contributed by atoms with Crippen LogP contribution in [0.4, 0.5) is 4.79 Å². The molecule has 136 valence electrons. The number of hydrogen-bond donors (Lipinski definition) is 3. The fourth-order valence-electron chi connectivity index (χ4n) is 2.46. The number of urea groups is 1. The van der Waals surface area contributed by atoms with Gasteiger partial charge in [-0.2, -0.15) is 0 Å². The Kier molecular flexibility index (Phi) is 6.89. The van der Waals surface area contributed by atoms with Crippen molar-refractivity contribution < 1.29 is 19.1 Å². The van der Waals surface area contributed by atoms with Crippen molar-refractivity contribution in [3.05, 3.63) is 54.0 Å². The smallest absolute Gasteiger partial charge is 0.315 e. The summed E-state index contributed by atoms with van der Waals surface area (Å²) in [5.74, 6) is 1.28. The first-order chi connectivity index (χ1) is 11.9. The van der Waals surface area contributed by atoms with Gasteiger partial charge in [0.15, 0.2) is 0 Å². The second kappa shape index (κ2) is 9.13. The van der Waals surface area contributed by atoms with E-state index in [0.717, 1.165) is 11.3 Å². The Morgan fingerprint density at radius 2 is 2.08 bits per heavy atom. The van der Waals surface area contributed by atoms with E-state index in [9.17, 15) is 9.90 Å². The third kappa shape index (κ3) is 6.51. The number of furan rings is 1. The molecule has 3 unspecified atom stereocenters. The van der Waals surface area contributed by atoms with Gasteiger partial charge in [0, 0.05) is 12.5 Å². The Hall–Kier alpha value is -2.47. The molecule has 0 aliphatic carbocycles. The van der Waals surface area contributed by atoms with Crippen LogP contribution in [-0.4, -0.2) is 29.8 Å². The summed E-state index contributed by atoms with van der Waals surface area (Å²) in [4.78, 5) is 11.9. The van der Waals surface area contributed by atoms with Crippen LogP contribution in [0.15, 0.2) is 47.1 Å². The van der Waals surface area contributed by atoms with E-state index in [0.29, 0.717) is 18.7 Å². The molecule has 3 N–H and O–H groups in total. The molecule has 0 saturated heterocycles. The van der Waals surface area contributed by atoms with Crippen molar-refractivity contribution in [2.24, 2.45) is 0 Å². The van der Waals surface area contributed by atoms with Crippen molar-refractivity contribution in [1.82, 2.24) is 10.6 Å². The molecule has 1 heterocycles. The molecular formula is C19H26N2O4. The van der Waals surface area contributed by atoms with Gasteiger partial charge in [-0.15, -0.1) is 0 Å². The number of amides is 2. The van der Waals surface area contributed by atoms with Gasteiger partial charge in [-0.05, 0) is 50.6 Å². The van der Waals surface area contributed by atoms with E-state index < -0.39 is 6.10 Å². The lowest BCUT2D eigenvalue weighted by Crippen LogP contribution is -2.44. The average molecular weight is 346 g/mol. The summed E-state index contributed by atoms with van der Waals surface area (Å²) in [7, 11) is 0. The number of benzene rings is 1. The molecule has 0 saturated carbocycles. The third-order valence-corrected chi connectivity index (χ3v) is 3.70. The van der Waals surface area contributed by atoms with Crippen LogP contribution in [-0.2, 0) is 0 Å². The van der Waals surface area contributed by atoms with Crippen LogP contribution in [0.5, 0.6) is 5.75 Å². The van der Waals surface area contributed by atoms with Gasteiger partial charge >= 0.3 is 6.03 Å². The fraction of sp³-hybridized carbons (Fsp3) is 0.421. The summed E-state index contributed by atoms with van der Waals surface area (Å²) in [6.45, 7) is 6.11. The lowest BCUT2D eigenvalue weighted by molar-refractivity contribution is 0.129. The molecule has 2 amide bonds. The van der Waals surface area contributed by atoms with Crippen LogP contribution in [0.25, 0.3) is 0 Å². The molecule has 1 aromatic carbocycles. The molecule has 0 aliphatic rings.